The number of amides is 1. The number of carbonyl (C=O) groups is 1. The molecular weight excluding hydrogens is 271 g/mol. The van der Waals surface area contributed by atoms with Crippen molar-refractivity contribution in [3.05, 3.63) is 29.6 Å². The molecular formula is C16H23FN2O2. The molecule has 0 aliphatic heterocycles. The van der Waals surface area contributed by atoms with Gasteiger partial charge in [-0.3, -0.25) is 4.79 Å². The van der Waals surface area contributed by atoms with E-state index in [1.807, 2.05) is 13.8 Å². The lowest BCUT2D eigenvalue weighted by Gasteiger charge is -2.18. The van der Waals surface area contributed by atoms with Crippen LogP contribution in [0.1, 0.15) is 39.2 Å². The molecule has 1 atom stereocenters. The summed E-state index contributed by atoms with van der Waals surface area (Å²) in [5.41, 5.74) is 0.717. The highest BCUT2D eigenvalue weighted by atomic mass is 19.1. The summed E-state index contributed by atoms with van der Waals surface area (Å²) in [6, 6.07) is 5.36. The van der Waals surface area contributed by atoms with Gasteiger partial charge in [-0.1, -0.05) is 26.0 Å². The Labute approximate surface area is 125 Å². The first-order chi connectivity index (χ1) is 9.97. The minimum Gasteiger partial charge on any atom is -0.477 e. The topological polar surface area (TPSA) is 50.4 Å². The third kappa shape index (κ3) is 4.70. The van der Waals surface area contributed by atoms with Gasteiger partial charge in [-0.25, -0.2) is 4.39 Å². The number of benzene rings is 1. The standard InChI is InChI=1S/C16H23FN2O2/c1-10(2)18-9-12-5-4-6-14(17)15(12)21-11(3)16(20)19-13-7-8-13/h4-6,10-11,13,18H,7-9H2,1-3H3,(H,19,20). The fraction of sp³-hybridized carbons (Fsp3) is 0.562. The SMILES string of the molecule is CC(C)NCc1cccc(F)c1OC(C)C(=O)NC1CC1. The van der Waals surface area contributed by atoms with E-state index in [9.17, 15) is 9.18 Å². The Morgan fingerprint density at radius 1 is 1.38 bits per heavy atom. The van der Waals surface area contributed by atoms with Crippen LogP contribution in [0, 0.1) is 5.82 Å². The van der Waals surface area contributed by atoms with Gasteiger partial charge in [0.2, 0.25) is 0 Å². The van der Waals surface area contributed by atoms with E-state index in [1.165, 1.54) is 6.07 Å². The molecule has 0 radical (unpaired) electrons. The van der Waals surface area contributed by atoms with Crippen LogP contribution in [0.5, 0.6) is 5.75 Å². The predicted octanol–water partition coefficient (Wildman–Crippen LogP) is 2.37. The van der Waals surface area contributed by atoms with Gasteiger partial charge in [0.25, 0.3) is 5.91 Å². The zero-order chi connectivity index (χ0) is 15.4. The maximum Gasteiger partial charge on any atom is 0.260 e. The number of carbonyl (C=O) groups excluding carboxylic acids is 1. The van der Waals surface area contributed by atoms with Crippen LogP contribution in [-0.4, -0.2) is 24.1 Å². The van der Waals surface area contributed by atoms with Crippen molar-refractivity contribution in [3.63, 3.8) is 0 Å². The van der Waals surface area contributed by atoms with Gasteiger partial charge >= 0.3 is 0 Å². The minimum absolute atomic E-state index is 0.157. The maximum absolute atomic E-state index is 14.0. The smallest absolute Gasteiger partial charge is 0.260 e. The van der Waals surface area contributed by atoms with Gasteiger partial charge < -0.3 is 15.4 Å². The molecule has 0 spiro atoms. The summed E-state index contributed by atoms with van der Waals surface area (Å²) in [6.45, 7) is 6.18. The summed E-state index contributed by atoms with van der Waals surface area (Å²) < 4.78 is 19.6. The molecule has 1 aliphatic rings. The van der Waals surface area contributed by atoms with Crippen molar-refractivity contribution in [1.29, 1.82) is 0 Å². The van der Waals surface area contributed by atoms with Crippen molar-refractivity contribution in [2.45, 2.75) is 58.3 Å². The monoisotopic (exact) mass is 294 g/mol. The number of nitrogens with one attached hydrogen (secondary N) is 2. The third-order valence-electron chi connectivity index (χ3n) is 3.34. The van der Waals surface area contributed by atoms with Gasteiger partial charge in [-0.2, -0.15) is 0 Å². The van der Waals surface area contributed by atoms with E-state index in [0.29, 0.717) is 6.54 Å². The molecule has 2 N–H and O–H groups in total. The molecule has 0 saturated heterocycles. The second kappa shape index (κ2) is 6.89. The van der Waals surface area contributed by atoms with Gasteiger partial charge in [0, 0.05) is 24.2 Å². The van der Waals surface area contributed by atoms with E-state index in [4.69, 9.17) is 4.74 Å². The van der Waals surface area contributed by atoms with E-state index in [0.717, 1.165) is 18.4 Å². The highest BCUT2D eigenvalue weighted by molar-refractivity contribution is 5.81. The van der Waals surface area contributed by atoms with Crippen LogP contribution in [0.4, 0.5) is 4.39 Å². The molecule has 4 nitrogen and oxygen atoms in total. The molecule has 1 aromatic carbocycles. The lowest BCUT2D eigenvalue weighted by atomic mass is 10.1. The van der Waals surface area contributed by atoms with Crippen LogP contribution in [0.25, 0.3) is 0 Å². The Balaban J connectivity index is 2.04. The van der Waals surface area contributed by atoms with Crippen molar-refractivity contribution in [2.24, 2.45) is 0 Å². The molecule has 1 fully saturated rings. The van der Waals surface area contributed by atoms with Gasteiger partial charge in [-0.05, 0) is 25.8 Å². The van der Waals surface area contributed by atoms with Crippen molar-refractivity contribution in [1.82, 2.24) is 10.6 Å². The first-order valence-corrected chi connectivity index (χ1v) is 7.45. The van der Waals surface area contributed by atoms with E-state index in [1.54, 1.807) is 19.1 Å². The number of para-hydroxylation sites is 1. The first-order valence-electron chi connectivity index (χ1n) is 7.45. The normalized spacial score (nSPS) is 15.9. The number of halogens is 1. The second-order valence-electron chi connectivity index (χ2n) is 5.81. The molecule has 0 aromatic heterocycles. The Bertz CT molecular complexity index is 501. The van der Waals surface area contributed by atoms with Crippen molar-refractivity contribution < 1.29 is 13.9 Å². The summed E-state index contributed by atoms with van der Waals surface area (Å²) in [5, 5.41) is 6.09. The fourth-order valence-corrected chi connectivity index (χ4v) is 1.92. The number of hydrogen-bond acceptors (Lipinski definition) is 3. The van der Waals surface area contributed by atoms with E-state index in [-0.39, 0.29) is 23.7 Å². The quantitative estimate of drug-likeness (QED) is 0.812. The van der Waals surface area contributed by atoms with Gasteiger partial charge in [0.05, 0.1) is 0 Å². The van der Waals surface area contributed by atoms with Crippen molar-refractivity contribution >= 4 is 5.91 Å². The molecule has 0 heterocycles. The fourth-order valence-electron chi connectivity index (χ4n) is 1.92. The van der Waals surface area contributed by atoms with Gasteiger partial charge in [-0.15, -0.1) is 0 Å². The van der Waals surface area contributed by atoms with Crippen LogP contribution in [0.3, 0.4) is 0 Å². The maximum atomic E-state index is 14.0. The first kappa shape index (κ1) is 15.8. The lowest BCUT2D eigenvalue weighted by Crippen LogP contribution is -2.38. The highest BCUT2D eigenvalue weighted by Gasteiger charge is 2.27. The Kier molecular flexibility index (Phi) is 5.17. The number of hydrogen-bond donors (Lipinski definition) is 2. The second-order valence-corrected chi connectivity index (χ2v) is 5.81. The average molecular weight is 294 g/mol. The van der Waals surface area contributed by atoms with Crippen LogP contribution in [-0.2, 0) is 11.3 Å². The lowest BCUT2D eigenvalue weighted by molar-refractivity contribution is -0.127. The van der Waals surface area contributed by atoms with Crippen molar-refractivity contribution in [2.75, 3.05) is 0 Å². The highest BCUT2D eigenvalue weighted by Crippen LogP contribution is 2.25. The van der Waals surface area contributed by atoms with Gasteiger partial charge in [0.15, 0.2) is 17.7 Å². The molecule has 1 unspecified atom stereocenters. The molecule has 21 heavy (non-hydrogen) atoms. The number of ether oxygens (including phenoxy) is 1. The van der Waals surface area contributed by atoms with E-state index in [2.05, 4.69) is 10.6 Å². The predicted molar refractivity (Wildman–Crippen MR) is 79.6 cm³/mol. The largest absolute Gasteiger partial charge is 0.477 e. The van der Waals surface area contributed by atoms with Crippen LogP contribution in [0.15, 0.2) is 18.2 Å². The summed E-state index contributed by atoms with van der Waals surface area (Å²) in [6.07, 6.45) is 1.32. The average Bonchev–Trinajstić information content (AvgIpc) is 3.23. The Morgan fingerprint density at radius 3 is 2.71 bits per heavy atom. The molecule has 5 heteroatoms. The molecule has 1 amide bonds. The Morgan fingerprint density at radius 2 is 2.10 bits per heavy atom. The third-order valence-corrected chi connectivity index (χ3v) is 3.34. The summed E-state index contributed by atoms with van der Waals surface area (Å²) >= 11 is 0. The molecule has 116 valence electrons. The van der Waals surface area contributed by atoms with E-state index < -0.39 is 11.9 Å². The summed E-state index contributed by atoms with van der Waals surface area (Å²) in [4.78, 5) is 11.9. The summed E-state index contributed by atoms with van der Waals surface area (Å²) in [7, 11) is 0. The Hall–Kier alpha value is -1.62. The van der Waals surface area contributed by atoms with Crippen molar-refractivity contribution in [3.8, 4) is 5.75 Å². The van der Waals surface area contributed by atoms with E-state index >= 15 is 0 Å². The van der Waals surface area contributed by atoms with Crippen LogP contribution < -0.4 is 15.4 Å². The molecule has 2 rings (SSSR count). The molecule has 1 saturated carbocycles. The van der Waals surface area contributed by atoms with Gasteiger partial charge in [0.1, 0.15) is 0 Å². The molecule has 0 bridgehead atoms. The zero-order valence-corrected chi connectivity index (χ0v) is 12.8. The zero-order valence-electron chi connectivity index (χ0n) is 12.8. The molecule has 1 aromatic rings. The molecule has 1 aliphatic carbocycles. The number of rotatable bonds is 7. The summed E-state index contributed by atoms with van der Waals surface area (Å²) in [5.74, 6) is -0.475. The van der Waals surface area contributed by atoms with Crippen LogP contribution >= 0.6 is 0 Å². The minimum atomic E-state index is -0.708. The van der Waals surface area contributed by atoms with Crippen LogP contribution in [0.2, 0.25) is 0 Å².